The van der Waals surface area contributed by atoms with E-state index in [4.69, 9.17) is 4.74 Å². The van der Waals surface area contributed by atoms with Gasteiger partial charge in [0.15, 0.2) is 0 Å². The van der Waals surface area contributed by atoms with E-state index >= 15 is 0 Å². The van der Waals surface area contributed by atoms with E-state index < -0.39 is 0 Å². The van der Waals surface area contributed by atoms with Crippen molar-refractivity contribution in [3.63, 3.8) is 0 Å². The fourth-order valence-electron chi connectivity index (χ4n) is 2.20. The lowest BCUT2D eigenvalue weighted by Gasteiger charge is -2.23. The molecule has 0 aromatic rings. The minimum absolute atomic E-state index is 0.0763. The molecule has 0 aliphatic heterocycles. The zero-order chi connectivity index (χ0) is 12.5. The van der Waals surface area contributed by atoms with Crippen LogP contribution in [0.25, 0.3) is 0 Å². The van der Waals surface area contributed by atoms with Crippen molar-refractivity contribution >= 4 is 11.8 Å². The van der Waals surface area contributed by atoms with Crippen LogP contribution in [0, 0.1) is 5.92 Å². The van der Waals surface area contributed by atoms with Crippen LogP contribution in [0.3, 0.4) is 0 Å². The second kappa shape index (κ2) is 8.26. The Balaban J connectivity index is 1.81. The Morgan fingerprint density at radius 3 is 2.53 bits per heavy atom. The topological polar surface area (TPSA) is 43.4 Å². The highest BCUT2D eigenvalue weighted by Gasteiger charge is 2.26. The van der Waals surface area contributed by atoms with E-state index in [0.29, 0.717) is 24.7 Å². The first-order valence-electron chi connectivity index (χ1n) is 6.92. The number of hydrogen-bond donors (Lipinski definition) is 0. The summed E-state index contributed by atoms with van der Waals surface area (Å²) in [6.45, 7) is 2.31. The maximum atomic E-state index is 11.1. The maximum absolute atomic E-state index is 11.1. The summed E-state index contributed by atoms with van der Waals surface area (Å²) in [6, 6.07) is 0. The zero-order valence-corrected chi connectivity index (χ0v) is 10.9. The number of Topliss-reactive ketones (excluding diaryl/α,β-unsaturated/α-hetero) is 1. The Morgan fingerprint density at radius 2 is 1.94 bits per heavy atom. The van der Waals surface area contributed by atoms with Gasteiger partial charge in [0.25, 0.3) is 0 Å². The second-order valence-electron chi connectivity index (χ2n) is 4.81. The van der Waals surface area contributed by atoms with E-state index in [1.807, 2.05) is 6.92 Å². The Hall–Kier alpha value is -0.860. The minimum atomic E-state index is -0.0763. The number of ketones is 1. The van der Waals surface area contributed by atoms with Crippen molar-refractivity contribution in [1.82, 2.24) is 0 Å². The van der Waals surface area contributed by atoms with E-state index in [1.165, 1.54) is 12.8 Å². The van der Waals surface area contributed by atoms with Crippen molar-refractivity contribution in [2.75, 3.05) is 6.61 Å². The fraction of sp³-hybridized carbons (Fsp3) is 0.857. The van der Waals surface area contributed by atoms with Gasteiger partial charge in [-0.15, -0.1) is 0 Å². The molecule has 0 amide bonds. The quantitative estimate of drug-likeness (QED) is 0.459. The Morgan fingerprint density at radius 1 is 1.24 bits per heavy atom. The molecule has 0 saturated heterocycles. The molecular weight excluding hydrogens is 216 g/mol. The van der Waals surface area contributed by atoms with Crippen LogP contribution in [0.2, 0.25) is 0 Å². The predicted molar refractivity (Wildman–Crippen MR) is 66.7 cm³/mol. The SMILES string of the molecule is CCOC(=O)CCCCCCCC1CCC1=O. The van der Waals surface area contributed by atoms with E-state index in [2.05, 4.69) is 0 Å². The minimum Gasteiger partial charge on any atom is -0.466 e. The lowest BCUT2D eigenvalue weighted by atomic mass is 9.80. The number of esters is 1. The molecule has 0 radical (unpaired) electrons. The lowest BCUT2D eigenvalue weighted by molar-refractivity contribution is -0.143. The van der Waals surface area contributed by atoms with Crippen LogP contribution >= 0.6 is 0 Å². The summed E-state index contributed by atoms with van der Waals surface area (Å²) in [6.07, 6.45) is 9.10. The van der Waals surface area contributed by atoms with Crippen LogP contribution in [0.4, 0.5) is 0 Å². The molecule has 1 saturated carbocycles. The van der Waals surface area contributed by atoms with Gasteiger partial charge in [-0.25, -0.2) is 0 Å². The number of ether oxygens (including phenoxy) is 1. The number of rotatable bonds is 9. The zero-order valence-electron chi connectivity index (χ0n) is 10.9. The van der Waals surface area contributed by atoms with Gasteiger partial charge in [0.05, 0.1) is 6.61 Å². The van der Waals surface area contributed by atoms with Crippen molar-refractivity contribution in [3.05, 3.63) is 0 Å². The molecule has 1 fully saturated rings. The predicted octanol–water partition coefficient (Wildman–Crippen LogP) is 3.26. The molecule has 98 valence electrons. The fourth-order valence-corrected chi connectivity index (χ4v) is 2.20. The molecule has 0 aromatic heterocycles. The first-order valence-corrected chi connectivity index (χ1v) is 6.92. The highest BCUT2D eigenvalue weighted by molar-refractivity contribution is 5.86. The van der Waals surface area contributed by atoms with Crippen molar-refractivity contribution < 1.29 is 14.3 Å². The monoisotopic (exact) mass is 240 g/mol. The molecule has 0 aromatic carbocycles. The third kappa shape index (κ3) is 5.85. The average Bonchev–Trinajstić information content (AvgIpc) is 2.31. The van der Waals surface area contributed by atoms with Crippen LogP contribution in [0.5, 0.6) is 0 Å². The molecule has 3 heteroatoms. The third-order valence-electron chi connectivity index (χ3n) is 3.43. The van der Waals surface area contributed by atoms with E-state index in [1.54, 1.807) is 0 Å². The first-order chi connectivity index (χ1) is 8.24. The van der Waals surface area contributed by atoms with Crippen LogP contribution in [0.1, 0.15) is 64.7 Å². The summed E-state index contributed by atoms with van der Waals surface area (Å²) in [5.74, 6) is 0.773. The van der Waals surface area contributed by atoms with Gasteiger partial charge >= 0.3 is 5.97 Å². The molecule has 0 bridgehead atoms. The van der Waals surface area contributed by atoms with Gasteiger partial charge in [-0.3, -0.25) is 9.59 Å². The highest BCUT2D eigenvalue weighted by Crippen LogP contribution is 2.27. The van der Waals surface area contributed by atoms with Gasteiger partial charge in [0, 0.05) is 18.8 Å². The molecule has 1 aliphatic rings. The Kier molecular flexibility index (Phi) is 6.90. The number of carbonyl (C=O) groups excluding carboxylic acids is 2. The van der Waals surface area contributed by atoms with Crippen LogP contribution in [0.15, 0.2) is 0 Å². The van der Waals surface area contributed by atoms with Crippen LogP contribution < -0.4 is 0 Å². The summed E-state index contributed by atoms with van der Waals surface area (Å²) >= 11 is 0. The van der Waals surface area contributed by atoms with Crippen molar-refractivity contribution in [2.24, 2.45) is 5.92 Å². The van der Waals surface area contributed by atoms with Gasteiger partial charge in [0.2, 0.25) is 0 Å². The Labute approximate surface area is 104 Å². The number of unbranched alkanes of at least 4 members (excludes halogenated alkanes) is 4. The van der Waals surface area contributed by atoms with Gasteiger partial charge < -0.3 is 4.74 Å². The van der Waals surface area contributed by atoms with Gasteiger partial charge in [-0.05, 0) is 26.2 Å². The van der Waals surface area contributed by atoms with Crippen LogP contribution in [-0.4, -0.2) is 18.4 Å². The lowest BCUT2D eigenvalue weighted by Crippen LogP contribution is -2.25. The van der Waals surface area contributed by atoms with Crippen molar-refractivity contribution in [2.45, 2.75) is 64.7 Å². The van der Waals surface area contributed by atoms with Crippen molar-refractivity contribution in [3.8, 4) is 0 Å². The molecule has 0 heterocycles. The molecular formula is C14H24O3. The summed E-state index contributed by atoms with van der Waals surface area (Å²) in [5.41, 5.74) is 0. The summed E-state index contributed by atoms with van der Waals surface area (Å²) < 4.78 is 4.86. The average molecular weight is 240 g/mol. The highest BCUT2D eigenvalue weighted by atomic mass is 16.5. The van der Waals surface area contributed by atoms with E-state index in [9.17, 15) is 9.59 Å². The number of carbonyl (C=O) groups is 2. The molecule has 17 heavy (non-hydrogen) atoms. The molecule has 0 N–H and O–H groups in total. The van der Waals surface area contributed by atoms with Gasteiger partial charge in [0.1, 0.15) is 5.78 Å². The maximum Gasteiger partial charge on any atom is 0.305 e. The third-order valence-corrected chi connectivity index (χ3v) is 3.43. The second-order valence-corrected chi connectivity index (χ2v) is 4.81. The normalized spacial score (nSPS) is 18.9. The molecule has 1 atom stereocenters. The Bertz CT molecular complexity index is 248. The molecule has 0 spiro atoms. The van der Waals surface area contributed by atoms with Gasteiger partial charge in [-0.2, -0.15) is 0 Å². The summed E-state index contributed by atoms with van der Waals surface area (Å²) in [7, 11) is 0. The summed E-state index contributed by atoms with van der Waals surface area (Å²) in [4.78, 5) is 22.1. The van der Waals surface area contributed by atoms with Crippen LogP contribution in [-0.2, 0) is 14.3 Å². The molecule has 3 nitrogen and oxygen atoms in total. The molecule has 1 rings (SSSR count). The smallest absolute Gasteiger partial charge is 0.305 e. The summed E-state index contributed by atoms with van der Waals surface area (Å²) in [5, 5.41) is 0. The largest absolute Gasteiger partial charge is 0.466 e. The molecule has 1 unspecified atom stereocenters. The van der Waals surface area contributed by atoms with Crippen molar-refractivity contribution in [1.29, 1.82) is 0 Å². The molecule has 1 aliphatic carbocycles. The number of hydrogen-bond acceptors (Lipinski definition) is 3. The van der Waals surface area contributed by atoms with E-state index in [0.717, 1.165) is 38.5 Å². The van der Waals surface area contributed by atoms with E-state index in [-0.39, 0.29) is 5.97 Å². The van der Waals surface area contributed by atoms with Gasteiger partial charge in [-0.1, -0.05) is 25.7 Å². The standard InChI is InChI=1S/C14H24O3/c1-2-17-14(16)9-7-5-3-4-6-8-12-10-11-13(12)15/h12H,2-11H2,1H3. The first kappa shape index (κ1) is 14.2.